The van der Waals surface area contributed by atoms with Crippen molar-refractivity contribution in [3.8, 4) is 11.6 Å². The quantitative estimate of drug-likeness (QED) is 0.535. The molecule has 2 aliphatic heterocycles. The van der Waals surface area contributed by atoms with E-state index in [1.54, 1.807) is 18.4 Å². The highest BCUT2D eigenvalue weighted by Crippen LogP contribution is 2.27. The molecule has 0 spiro atoms. The third kappa shape index (κ3) is 4.54. The highest BCUT2D eigenvalue weighted by molar-refractivity contribution is 5.85. The number of fused-ring (bicyclic) bond motifs is 1. The van der Waals surface area contributed by atoms with Gasteiger partial charge in [-0.3, -0.25) is 9.69 Å². The van der Waals surface area contributed by atoms with E-state index in [0.717, 1.165) is 12.8 Å². The van der Waals surface area contributed by atoms with Gasteiger partial charge in [-0.2, -0.15) is 19.5 Å². The van der Waals surface area contributed by atoms with Gasteiger partial charge in [0.2, 0.25) is 23.6 Å². The van der Waals surface area contributed by atoms with Gasteiger partial charge in [-0.15, -0.1) is 5.10 Å². The Morgan fingerprint density at radius 1 is 1.17 bits per heavy atom. The molecule has 5 heterocycles. The Bertz CT molecular complexity index is 1170. The van der Waals surface area contributed by atoms with Gasteiger partial charge >= 0.3 is 0 Å². The number of carbonyl (C=O) groups excluding carboxylic acids is 1. The van der Waals surface area contributed by atoms with Crippen LogP contribution < -0.4 is 10.6 Å². The number of halogens is 1. The number of piperazine rings is 1. The van der Waals surface area contributed by atoms with Gasteiger partial charge in [0.15, 0.2) is 5.76 Å². The molecule has 0 aromatic carbocycles. The molecular weight excluding hydrogens is 453 g/mol. The molecule has 11 nitrogen and oxygen atoms in total. The summed E-state index contributed by atoms with van der Waals surface area (Å²) < 4.78 is 21.6. The smallest absolute Gasteiger partial charge is 0.259 e. The summed E-state index contributed by atoms with van der Waals surface area (Å²) in [7, 11) is 0. The van der Waals surface area contributed by atoms with Crippen molar-refractivity contribution in [3.05, 3.63) is 18.4 Å². The molecule has 2 fully saturated rings. The Kier molecular flexibility index (Phi) is 6.30. The summed E-state index contributed by atoms with van der Waals surface area (Å²) in [5.74, 6) is 1.74. The molecule has 0 unspecified atom stereocenters. The minimum absolute atomic E-state index is 0.0550. The monoisotopic (exact) mass is 485 g/mol. The van der Waals surface area contributed by atoms with Crippen LogP contribution in [0, 0.1) is 0 Å². The van der Waals surface area contributed by atoms with Gasteiger partial charge in [-0.1, -0.05) is 13.8 Å². The summed E-state index contributed by atoms with van der Waals surface area (Å²) in [5, 5.41) is 4.33. The molecule has 2 N–H and O–H groups in total. The maximum Gasteiger partial charge on any atom is 0.259 e. The summed E-state index contributed by atoms with van der Waals surface area (Å²) in [4.78, 5) is 32.8. The molecule has 3 aromatic heterocycles. The average molecular weight is 486 g/mol. The lowest BCUT2D eigenvalue weighted by Gasteiger charge is -2.39. The molecule has 2 aliphatic rings. The number of rotatable bonds is 7. The van der Waals surface area contributed by atoms with Gasteiger partial charge < -0.3 is 20.0 Å². The number of alkyl halides is 1. The first-order valence-corrected chi connectivity index (χ1v) is 12.3. The predicted molar refractivity (Wildman–Crippen MR) is 129 cm³/mol. The Labute approximate surface area is 203 Å². The summed E-state index contributed by atoms with van der Waals surface area (Å²) in [6, 6.07) is 3.15. The molecule has 5 rings (SSSR count). The standard InChI is InChI=1S/C23H32FN9O2/c1-3-23(24,4-2)15-30-10-12-31(13-11-30)19(34)16-7-5-9-32(16)21-27-20(25)33-22(28-21)26-18(29-33)17-8-6-14-35-17/h6,8,14,16H,3-5,7,9-13,15H2,1-2H3,(H2,25,26,27,28,29)/t16-/m0/s1. The van der Waals surface area contributed by atoms with E-state index in [2.05, 4.69) is 25.0 Å². The minimum Gasteiger partial charge on any atom is -0.461 e. The van der Waals surface area contributed by atoms with Crippen LogP contribution in [0.1, 0.15) is 39.5 Å². The van der Waals surface area contributed by atoms with E-state index in [1.807, 2.05) is 23.6 Å². The number of furan rings is 1. The van der Waals surface area contributed by atoms with Crippen molar-refractivity contribution in [2.75, 3.05) is 49.9 Å². The van der Waals surface area contributed by atoms with Gasteiger partial charge in [0.1, 0.15) is 11.7 Å². The second kappa shape index (κ2) is 9.40. The molecule has 35 heavy (non-hydrogen) atoms. The van der Waals surface area contributed by atoms with Crippen LogP contribution in [-0.2, 0) is 4.79 Å². The van der Waals surface area contributed by atoms with Crippen LogP contribution in [0.3, 0.4) is 0 Å². The van der Waals surface area contributed by atoms with Crippen molar-refractivity contribution in [2.45, 2.75) is 51.2 Å². The predicted octanol–water partition coefficient (Wildman–Crippen LogP) is 2.00. The van der Waals surface area contributed by atoms with Crippen molar-refractivity contribution < 1.29 is 13.6 Å². The van der Waals surface area contributed by atoms with E-state index in [-0.39, 0.29) is 17.9 Å². The number of hydrogen-bond acceptors (Lipinski definition) is 9. The number of nitrogens with two attached hydrogens (primary N) is 1. The van der Waals surface area contributed by atoms with E-state index in [0.29, 0.717) is 75.4 Å². The fraction of sp³-hybridized carbons (Fsp3) is 0.609. The molecule has 0 bridgehead atoms. The SMILES string of the molecule is CCC(F)(CC)CN1CCN(C(=O)[C@@H]2CCCN2c2nc(N)n3nc(-c4ccco4)nc3n2)CC1. The van der Waals surface area contributed by atoms with E-state index < -0.39 is 5.67 Å². The molecule has 188 valence electrons. The first kappa shape index (κ1) is 23.5. The van der Waals surface area contributed by atoms with E-state index in [1.165, 1.54) is 4.52 Å². The van der Waals surface area contributed by atoms with Crippen LogP contribution in [-0.4, -0.2) is 91.3 Å². The molecule has 0 saturated carbocycles. The second-order valence-electron chi connectivity index (χ2n) is 9.32. The number of nitrogen functional groups attached to an aromatic ring is 1. The molecule has 3 aromatic rings. The van der Waals surface area contributed by atoms with Crippen LogP contribution in [0.4, 0.5) is 16.3 Å². The normalized spacial score (nSPS) is 19.7. The highest BCUT2D eigenvalue weighted by atomic mass is 19.1. The van der Waals surface area contributed by atoms with Crippen molar-refractivity contribution in [2.24, 2.45) is 0 Å². The van der Waals surface area contributed by atoms with Crippen LogP contribution in [0.15, 0.2) is 22.8 Å². The number of anilines is 2. The Morgan fingerprint density at radius 2 is 1.94 bits per heavy atom. The first-order valence-electron chi connectivity index (χ1n) is 12.3. The van der Waals surface area contributed by atoms with Crippen molar-refractivity contribution in [1.82, 2.24) is 34.4 Å². The van der Waals surface area contributed by atoms with Crippen LogP contribution in [0.2, 0.25) is 0 Å². The Morgan fingerprint density at radius 3 is 2.63 bits per heavy atom. The molecule has 0 radical (unpaired) electrons. The molecule has 1 amide bonds. The lowest BCUT2D eigenvalue weighted by atomic mass is 9.98. The average Bonchev–Trinajstić information content (AvgIpc) is 3.64. The zero-order valence-corrected chi connectivity index (χ0v) is 20.2. The highest BCUT2D eigenvalue weighted by Gasteiger charge is 2.37. The van der Waals surface area contributed by atoms with E-state index >= 15 is 0 Å². The molecular formula is C23H32FN9O2. The number of aromatic nitrogens is 5. The zero-order valence-electron chi connectivity index (χ0n) is 20.2. The number of amides is 1. The van der Waals surface area contributed by atoms with Crippen molar-refractivity contribution in [1.29, 1.82) is 0 Å². The van der Waals surface area contributed by atoms with Gasteiger partial charge in [0, 0.05) is 39.3 Å². The third-order valence-electron chi connectivity index (χ3n) is 7.22. The topological polar surface area (TPSA) is 122 Å². The lowest BCUT2D eigenvalue weighted by molar-refractivity contribution is -0.134. The second-order valence-corrected chi connectivity index (χ2v) is 9.32. The molecule has 12 heteroatoms. The number of nitrogens with zero attached hydrogens (tertiary/aromatic N) is 8. The van der Waals surface area contributed by atoms with Crippen LogP contribution in [0.5, 0.6) is 0 Å². The van der Waals surface area contributed by atoms with Crippen LogP contribution >= 0.6 is 0 Å². The lowest BCUT2D eigenvalue weighted by Crippen LogP contribution is -2.55. The van der Waals surface area contributed by atoms with Gasteiger partial charge in [-0.05, 0) is 37.8 Å². The van der Waals surface area contributed by atoms with Gasteiger partial charge in [0.25, 0.3) is 5.78 Å². The zero-order chi connectivity index (χ0) is 24.6. The fourth-order valence-corrected chi connectivity index (χ4v) is 4.91. The maximum absolute atomic E-state index is 14.8. The third-order valence-corrected chi connectivity index (χ3v) is 7.22. The van der Waals surface area contributed by atoms with Gasteiger partial charge in [0.05, 0.1) is 6.26 Å². The Balaban J connectivity index is 1.29. The Hall–Kier alpha value is -3.28. The summed E-state index contributed by atoms with van der Waals surface area (Å²) in [6.45, 7) is 7.38. The van der Waals surface area contributed by atoms with Crippen molar-refractivity contribution in [3.63, 3.8) is 0 Å². The molecule has 2 saturated heterocycles. The summed E-state index contributed by atoms with van der Waals surface area (Å²) in [6.07, 6.45) is 4.12. The van der Waals surface area contributed by atoms with Crippen molar-refractivity contribution >= 4 is 23.6 Å². The van der Waals surface area contributed by atoms with E-state index in [9.17, 15) is 9.18 Å². The minimum atomic E-state index is -1.16. The molecule has 1 atom stereocenters. The largest absolute Gasteiger partial charge is 0.461 e. The number of carbonyl (C=O) groups is 1. The molecule has 0 aliphatic carbocycles. The fourth-order valence-electron chi connectivity index (χ4n) is 4.91. The number of hydrogen-bond donors (Lipinski definition) is 1. The summed E-state index contributed by atoms with van der Waals surface area (Å²) in [5.41, 5.74) is 5.00. The van der Waals surface area contributed by atoms with E-state index in [4.69, 9.17) is 10.2 Å². The van der Waals surface area contributed by atoms with Gasteiger partial charge in [-0.25, -0.2) is 4.39 Å². The summed E-state index contributed by atoms with van der Waals surface area (Å²) >= 11 is 0. The maximum atomic E-state index is 14.8. The van der Waals surface area contributed by atoms with Crippen LogP contribution in [0.25, 0.3) is 17.4 Å². The first-order chi connectivity index (χ1) is 16.9.